The standard InChI is InChI=1S/C9H5F3O4/c10-7-5(3-13)1-4(8(14)15)2-6(7)16-9(11)12/h1-3,9H,(H,14,15). The Labute approximate surface area is 87.3 Å². The number of aldehydes is 1. The van der Waals surface area contributed by atoms with Gasteiger partial charge in [0, 0.05) is 0 Å². The molecule has 0 spiro atoms. The zero-order valence-electron chi connectivity index (χ0n) is 7.62. The topological polar surface area (TPSA) is 63.6 Å². The number of benzene rings is 1. The predicted molar refractivity (Wildman–Crippen MR) is 45.4 cm³/mol. The molecule has 0 radical (unpaired) electrons. The number of carboxylic acid groups (broad SMARTS) is 1. The molecule has 86 valence electrons. The van der Waals surface area contributed by atoms with Gasteiger partial charge in [-0.3, -0.25) is 4.79 Å². The summed E-state index contributed by atoms with van der Waals surface area (Å²) in [6, 6.07) is 1.31. The van der Waals surface area contributed by atoms with E-state index in [1.165, 1.54) is 0 Å². The van der Waals surface area contributed by atoms with Crippen LogP contribution in [0.25, 0.3) is 0 Å². The summed E-state index contributed by atoms with van der Waals surface area (Å²) in [6.45, 7) is -3.31. The first-order chi connectivity index (χ1) is 7.45. The lowest BCUT2D eigenvalue weighted by Gasteiger charge is -2.08. The van der Waals surface area contributed by atoms with Crippen LogP contribution in [0.3, 0.4) is 0 Å². The van der Waals surface area contributed by atoms with Crippen LogP contribution in [0.15, 0.2) is 12.1 Å². The molecule has 7 heteroatoms. The molecule has 0 aliphatic carbocycles. The number of hydrogen-bond donors (Lipinski definition) is 1. The van der Waals surface area contributed by atoms with Gasteiger partial charge in [-0.1, -0.05) is 0 Å². The third kappa shape index (κ3) is 2.50. The number of carbonyl (C=O) groups excluding carboxylic acids is 1. The predicted octanol–water partition coefficient (Wildman–Crippen LogP) is 1.94. The Morgan fingerprint density at radius 2 is 2.06 bits per heavy atom. The summed E-state index contributed by atoms with van der Waals surface area (Å²) in [5.41, 5.74) is -1.17. The van der Waals surface area contributed by atoms with E-state index in [9.17, 15) is 22.8 Å². The van der Waals surface area contributed by atoms with Gasteiger partial charge in [0.25, 0.3) is 0 Å². The van der Waals surface area contributed by atoms with Gasteiger partial charge in [-0.15, -0.1) is 0 Å². The van der Waals surface area contributed by atoms with Gasteiger partial charge >= 0.3 is 12.6 Å². The minimum absolute atomic E-state index is 0.0140. The number of alkyl halides is 2. The normalized spacial score (nSPS) is 10.2. The Morgan fingerprint density at radius 1 is 1.44 bits per heavy atom. The highest BCUT2D eigenvalue weighted by atomic mass is 19.3. The van der Waals surface area contributed by atoms with E-state index >= 15 is 0 Å². The number of carboxylic acids is 1. The van der Waals surface area contributed by atoms with Crippen LogP contribution < -0.4 is 4.74 Å². The molecule has 0 heterocycles. The molecule has 0 amide bonds. The average molecular weight is 234 g/mol. The van der Waals surface area contributed by atoms with Gasteiger partial charge in [0.05, 0.1) is 11.1 Å². The van der Waals surface area contributed by atoms with Crippen LogP contribution in [-0.4, -0.2) is 24.0 Å². The molecule has 0 atom stereocenters. The first kappa shape index (κ1) is 12.0. The van der Waals surface area contributed by atoms with Gasteiger partial charge in [0.2, 0.25) is 0 Å². The van der Waals surface area contributed by atoms with E-state index < -0.39 is 35.3 Å². The van der Waals surface area contributed by atoms with Crippen molar-refractivity contribution in [1.29, 1.82) is 0 Å². The van der Waals surface area contributed by atoms with E-state index in [4.69, 9.17) is 5.11 Å². The Bertz CT molecular complexity index is 431. The Balaban J connectivity index is 3.29. The van der Waals surface area contributed by atoms with Crippen LogP contribution in [-0.2, 0) is 0 Å². The number of halogens is 3. The molecule has 1 aromatic carbocycles. The van der Waals surface area contributed by atoms with Crippen molar-refractivity contribution in [3.8, 4) is 5.75 Å². The maximum Gasteiger partial charge on any atom is 0.387 e. The fourth-order valence-electron chi connectivity index (χ4n) is 1.01. The number of aromatic carboxylic acids is 1. The molecule has 0 unspecified atom stereocenters. The monoisotopic (exact) mass is 234 g/mol. The summed E-state index contributed by atoms with van der Waals surface area (Å²) in [5, 5.41) is 8.57. The van der Waals surface area contributed by atoms with Crippen molar-refractivity contribution in [2.75, 3.05) is 0 Å². The van der Waals surface area contributed by atoms with Gasteiger partial charge in [-0.05, 0) is 12.1 Å². The SMILES string of the molecule is O=Cc1cc(C(=O)O)cc(OC(F)F)c1F. The lowest BCUT2D eigenvalue weighted by atomic mass is 10.1. The van der Waals surface area contributed by atoms with Gasteiger partial charge in [0.15, 0.2) is 17.9 Å². The van der Waals surface area contributed by atoms with Crippen molar-refractivity contribution >= 4 is 12.3 Å². The molecule has 0 saturated heterocycles. The van der Waals surface area contributed by atoms with Crippen LogP contribution in [0, 0.1) is 5.82 Å². The second-order valence-electron chi connectivity index (χ2n) is 2.68. The molecule has 1 N–H and O–H groups in total. The van der Waals surface area contributed by atoms with E-state index in [-0.39, 0.29) is 6.29 Å². The molecular formula is C9H5F3O4. The molecule has 1 aromatic rings. The molecule has 0 saturated carbocycles. The van der Waals surface area contributed by atoms with E-state index in [1.54, 1.807) is 0 Å². The minimum atomic E-state index is -3.31. The number of hydrogen-bond acceptors (Lipinski definition) is 3. The molecule has 16 heavy (non-hydrogen) atoms. The highest BCUT2D eigenvalue weighted by Gasteiger charge is 2.17. The van der Waals surface area contributed by atoms with Crippen LogP contribution in [0.5, 0.6) is 5.75 Å². The number of ether oxygens (including phenoxy) is 1. The molecule has 0 fully saturated rings. The third-order valence-electron chi connectivity index (χ3n) is 1.66. The summed E-state index contributed by atoms with van der Waals surface area (Å²) >= 11 is 0. The van der Waals surface area contributed by atoms with Gasteiger partial charge in [0.1, 0.15) is 0 Å². The maximum atomic E-state index is 13.2. The Morgan fingerprint density at radius 3 is 2.50 bits per heavy atom. The second-order valence-corrected chi connectivity index (χ2v) is 2.68. The highest BCUT2D eigenvalue weighted by molar-refractivity contribution is 5.91. The first-order valence-corrected chi connectivity index (χ1v) is 3.92. The van der Waals surface area contributed by atoms with E-state index in [1.807, 2.05) is 0 Å². The average Bonchev–Trinajstić information content (AvgIpc) is 2.20. The third-order valence-corrected chi connectivity index (χ3v) is 1.66. The maximum absolute atomic E-state index is 13.2. The minimum Gasteiger partial charge on any atom is -0.478 e. The van der Waals surface area contributed by atoms with Gasteiger partial charge < -0.3 is 9.84 Å². The van der Waals surface area contributed by atoms with Crippen molar-refractivity contribution in [1.82, 2.24) is 0 Å². The fraction of sp³-hybridized carbons (Fsp3) is 0.111. The number of rotatable bonds is 4. The first-order valence-electron chi connectivity index (χ1n) is 3.92. The fourth-order valence-corrected chi connectivity index (χ4v) is 1.01. The Hall–Kier alpha value is -2.05. The van der Waals surface area contributed by atoms with Crippen molar-refractivity contribution in [3.63, 3.8) is 0 Å². The lowest BCUT2D eigenvalue weighted by molar-refractivity contribution is -0.0523. The molecular weight excluding hydrogens is 229 g/mol. The van der Waals surface area contributed by atoms with Gasteiger partial charge in [-0.2, -0.15) is 8.78 Å². The van der Waals surface area contributed by atoms with Crippen LogP contribution in [0.4, 0.5) is 13.2 Å². The van der Waals surface area contributed by atoms with E-state index in [0.717, 1.165) is 6.07 Å². The molecule has 0 aromatic heterocycles. The van der Waals surface area contributed by atoms with Crippen molar-refractivity contribution in [2.45, 2.75) is 6.61 Å². The summed E-state index contributed by atoms with van der Waals surface area (Å²) in [7, 11) is 0. The summed E-state index contributed by atoms with van der Waals surface area (Å²) in [6.07, 6.45) is 0.0140. The Kier molecular flexibility index (Phi) is 3.49. The lowest BCUT2D eigenvalue weighted by Crippen LogP contribution is -2.07. The molecule has 0 bridgehead atoms. The van der Waals surface area contributed by atoms with E-state index in [2.05, 4.69) is 4.74 Å². The van der Waals surface area contributed by atoms with Crippen molar-refractivity contribution in [3.05, 3.63) is 29.1 Å². The van der Waals surface area contributed by atoms with Gasteiger partial charge in [-0.25, -0.2) is 9.18 Å². The highest BCUT2D eigenvalue weighted by Crippen LogP contribution is 2.24. The smallest absolute Gasteiger partial charge is 0.387 e. The van der Waals surface area contributed by atoms with Crippen molar-refractivity contribution < 1.29 is 32.6 Å². The van der Waals surface area contributed by atoms with E-state index in [0.29, 0.717) is 6.07 Å². The summed E-state index contributed by atoms with van der Waals surface area (Å²) < 4.78 is 40.6. The van der Waals surface area contributed by atoms with Crippen LogP contribution >= 0.6 is 0 Å². The molecule has 4 nitrogen and oxygen atoms in total. The summed E-state index contributed by atoms with van der Waals surface area (Å²) in [4.78, 5) is 20.9. The largest absolute Gasteiger partial charge is 0.478 e. The molecule has 0 aliphatic rings. The van der Waals surface area contributed by atoms with Crippen LogP contribution in [0.2, 0.25) is 0 Å². The molecule has 1 rings (SSSR count). The second kappa shape index (κ2) is 4.65. The number of carbonyl (C=O) groups is 2. The molecule has 0 aliphatic heterocycles. The quantitative estimate of drug-likeness (QED) is 0.808. The van der Waals surface area contributed by atoms with Crippen LogP contribution in [0.1, 0.15) is 20.7 Å². The zero-order chi connectivity index (χ0) is 12.3. The van der Waals surface area contributed by atoms with Crippen molar-refractivity contribution in [2.24, 2.45) is 0 Å². The summed E-state index contributed by atoms with van der Waals surface area (Å²) in [5.74, 6) is -3.78. The zero-order valence-corrected chi connectivity index (χ0v) is 7.62.